The van der Waals surface area contributed by atoms with Gasteiger partial charge in [0.2, 0.25) is 11.8 Å². The van der Waals surface area contributed by atoms with E-state index >= 15 is 0 Å². The summed E-state index contributed by atoms with van der Waals surface area (Å²) in [6.07, 6.45) is -3.98. The van der Waals surface area contributed by atoms with Crippen LogP contribution in [0.1, 0.15) is 31.4 Å². The van der Waals surface area contributed by atoms with Gasteiger partial charge in [0.1, 0.15) is 0 Å². The van der Waals surface area contributed by atoms with Gasteiger partial charge in [-0.3, -0.25) is 14.4 Å². The van der Waals surface area contributed by atoms with Crippen LogP contribution in [0.4, 0.5) is 24.5 Å². The number of hydrogen-bond acceptors (Lipinski definition) is 3. The Hall–Kier alpha value is -3.36. The fraction of sp³-hybridized carbons (Fsp3) is 0.375. The number of aryl methyl sites for hydroxylation is 1. The van der Waals surface area contributed by atoms with Crippen LogP contribution in [0.15, 0.2) is 48.5 Å². The summed E-state index contributed by atoms with van der Waals surface area (Å²) in [6, 6.07) is 13.9. The van der Waals surface area contributed by atoms with E-state index in [1.165, 1.54) is 13.0 Å². The molecule has 1 N–H and O–H groups in total. The Bertz CT molecular complexity index is 1020. The smallest absolute Gasteiger partial charge is 0.331 e. The van der Waals surface area contributed by atoms with Crippen LogP contribution in [0.2, 0.25) is 0 Å². The van der Waals surface area contributed by atoms with E-state index in [2.05, 4.69) is 5.32 Å². The molecule has 0 saturated carbocycles. The largest absolute Gasteiger partial charge is 0.471 e. The van der Waals surface area contributed by atoms with Crippen molar-refractivity contribution in [2.75, 3.05) is 23.3 Å². The second kappa shape index (κ2) is 10.1. The fourth-order valence-electron chi connectivity index (χ4n) is 3.76. The SMILES string of the molecule is CCc1ccc(N2CC(C(=O)Nc3cccc(CN(CC)C(=O)C(F)(F)F)c3)CC2=O)cc1. The van der Waals surface area contributed by atoms with Crippen LogP contribution in [-0.4, -0.2) is 41.9 Å². The Balaban J connectivity index is 1.64. The number of nitrogens with zero attached hydrogens (tertiary/aromatic N) is 2. The standard InChI is InChI=1S/C24H26F3N3O3/c1-3-16-8-10-20(11-9-16)30-15-18(13-21(30)31)22(32)28-19-7-5-6-17(12-19)14-29(4-2)23(33)24(25,26)27/h5-12,18H,3-4,13-15H2,1-2H3,(H,28,32). The van der Waals surface area contributed by atoms with Gasteiger partial charge in [0.05, 0.1) is 5.92 Å². The minimum absolute atomic E-state index is 0.0742. The van der Waals surface area contributed by atoms with Crippen molar-refractivity contribution in [3.63, 3.8) is 0 Å². The van der Waals surface area contributed by atoms with Gasteiger partial charge in [-0.05, 0) is 48.7 Å². The highest BCUT2D eigenvalue weighted by Gasteiger charge is 2.42. The van der Waals surface area contributed by atoms with Crippen molar-refractivity contribution in [1.82, 2.24) is 4.90 Å². The number of carbonyl (C=O) groups excluding carboxylic acids is 3. The van der Waals surface area contributed by atoms with E-state index in [0.717, 1.165) is 17.7 Å². The van der Waals surface area contributed by atoms with Crippen LogP contribution in [0.3, 0.4) is 0 Å². The average molecular weight is 461 g/mol. The molecule has 2 aromatic carbocycles. The summed E-state index contributed by atoms with van der Waals surface area (Å²) in [7, 11) is 0. The number of anilines is 2. The normalized spacial score (nSPS) is 16.1. The molecule has 3 amide bonds. The first-order valence-electron chi connectivity index (χ1n) is 10.8. The minimum Gasteiger partial charge on any atom is -0.331 e. The zero-order chi connectivity index (χ0) is 24.2. The molecule has 1 unspecified atom stereocenters. The molecule has 0 aromatic heterocycles. The predicted molar refractivity (Wildman–Crippen MR) is 118 cm³/mol. The van der Waals surface area contributed by atoms with E-state index in [-0.39, 0.29) is 37.9 Å². The van der Waals surface area contributed by atoms with Gasteiger partial charge in [0.25, 0.3) is 0 Å². The molecular formula is C24H26F3N3O3. The molecule has 1 fully saturated rings. The van der Waals surface area contributed by atoms with Gasteiger partial charge < -0.3 is 15.1 Å². The number of benzene rings is 2. The lowest BCUT2D eigenvalue weighted by molar-refractivity contribution is -0.185. The third-order valence-electron chi connectivity index (χ3n) is 5.63. The Morgan fingerprint density at radius 1 is 1.09 bits per heavy atom. The van der Waals surface area contributed by atoms with E-state index in [0.29, 0.717) is 16.2 Å². The first-order chi connectivity index (χ1) is 15.6. The number of amides is 3. The second-order valence-corrected chi connectivity index (χ2v) is 7.93. The lowest BCUT2D eigenvalue weighted by Crippen LogP contribution is -2.40. The number of hydrogen-bond donors (Lipinski definition) is 1. The molecule has 33 heavy (non-hydrogen) atoms. The van der Waals surface area contributed by atoms with Crippen LogP contribution in [0.5, 0.6) is 0 Å². The van der Waals surface area contributed by atoms with Crippen molar-refractivity contribution in [1.29, 1.82) is 0 Å². The molecule has 2 aromatic rings. The molecule has 0 bridgehead atoms. The molecule has 9 heteroatoms. The third-order valence-corrected chi connectivity index (χ3v) is 5.63. The van der Waals surface area contributed by atoms with Gasteiger partial charge >= 0.3 is 12.1 Å². The van der Waals surface area contributed by atoms with Crippen LogP contribution < -0.4 is 10.2 Å². The second-order valence-electron chi connectivity index (χ2n) is 7.93. The van der Waals surface area contributed by atoms with E-state index in [9.17, 15) is 27.6 Å². The molecule has 0 aliphatic carbocycles. The van der Waals surface area contributed by atoms with Gasteiger partial charge in [-0.15, -0.1) is 0 Å². The van der Waals surface area contributed by atoms with E-state index < -0.39 is 18.0 Å². The van der Waals surface area contributed by atoms with Gasteiger partial charge in [-0.2, -0.15) is 13.2 Å². The van der Waals surface area contributed by atoms with Gasteiger partial charge in [-0.25, -0.2) is 0 Å². The minimum atomic E-state index is -4.94. The molecule has 1 atom stereocenters. The highest BCUT2D eigenvalue weighted by molar-refractivity contribution is 6.03. The highest BCUT2D eigenvalue weighted by atomic mass is 19.4. The first-order valence-corrected chi connectivity index (χ1v) is 10.8. The summed E-state index contributed by atoms with van der Waals surface area (Å²) in [6.45, 7) is 3.42. The van der Waals surface area contributed by atoms with Crippen molar-refractivity contribution >= 4 is 29.1 Å². The maximum atomic E-state index is 12.8. The molecule has 176 valence electrons. The number of alkyl halides is 3. The number of halogens is 3. The highest BCUT2D eigenvalue weighted by Crippen LogP contribution is 2.27. The summed E-state index contributed by atoms with van der Waals surface area (Å²) < 4.78 is 38.3. The molecule has 1 aliphatic rings. The van der Waals surface area contributed by atoms with E-state index in [4.69, 9.17) is 0 Å². The Morgan fingerprint density at radius 2 is 1.79 bits per heavy atom. The van der Waals surface area contributed by atoms with Crippen LogP contribution in [0, 0.1) is 5.92 Å². The zero-order valence-electron chi connectivity index (χ0n) is 18.5. The van der Waals surface area contributed by atoms with Crippen molar-refractivity contribution in [2.45, 2.75) is 39.4 Å². The summed E-state index contributed by atoms with van der Waals surface area (Å²) >= 11 is 0. The van der Waals surface area contributed by atoms with Crippen LogP contribution in [-0.2, 0) is 27.3 Å². The quantitative estimate of drug-likeness (QED) is 0.674. The Morgan fingerprint density at radius 3 is 2.39 bits per heavy atom. The fourth-order valence-corrected chi connectivity index (χ4v) is 3.76. The van der Waals surface area contributed by atoms with Crippen molar-refractivity contribution in [3.05, 3.63) is 59.7 Å². The van der Waals surface area contributed by atoms with Gasteiger partial charge in [-0.1, -0.05) is 31.2 Å². The van der Waals surface area contributed by atoms with Crippen molar-refractivity contribution in [3.8, 4) is 0 Å². The van der Waals surface area contributed by atoms with E-state index in [1.807, 2.05) is 31.2 Å². The molecule has 1 heterocycles. The number of nitrogens with one attached hydrogen (secondary N) is 1. The average Bonchev–Trinajstić information content (AvgIpc) is 3.18. The van der Waals surface area contributed by atoms with Crippen molar-refractivity contribution < 1.29 is 27.6 Å². The number of rotatable bonds is 7. The molecule has 1 saturated heterocycles. The predicted octanol–water partition coefficient (Wildman–Crippen LogP) is 4.15. The summed E-state index contributed by atoms with van der Waals surface area (Å²) in [5.74, 6) is -2.94. The zero-order valence-corrected chi connectivity index (χ0v) is 18.5. The maximum Gasteiger partial charge on any atom is 0.471 e. The molecule has 6 nitrogen and oxygen atoms in total. The lowest BCUT2D eigenvalue weighted by atomic mass is 10.1. The van der Waals surface area contributed by atoms with Crippen LogP contribution >= 0.6 is 0 Å². The molecule has 0 spiro atoms. The van der Waals surface area contributed by atoms with Gasteiger partial charge in [0.15, 0.2) is 0 Å². The Kier molecular flexibility index (Phi) is 7.40. The molecule has 3 rings (SSSR count). The topological polar surface area (TPSA) is 69.7 Å². The monoisotopic (exact) mass is 461 g/mol. The lowest BCUT2D eigenvalue weighted by Gasteiger charge is -2.22. The van der Waals surface area contributed by atoms with Crippen molar-refractivity contribution in [2.24, 2.45) is 5.92 Å². The van der Waals surface area contributed by atoms with E-state index in [1.54, 1.807) is 23.1 Å². The number of carbonyl (C=O) groups is 3. The Labute approximate surface area is 190 Å². The third kappa shape index (κ3) is 5.91. The summed E-state index contributed by atoms with van der Waals surface area (Å²) in [5, 5.41) is 2.74. The summed E-state index contributed by atoms with van der Waals surface area (Å²) in [5.41, 5.74) is 2.74. The first kappa shape index (κ1) is 24.3. The van der Waals surface area contributed by atoms with Crippen LogP contribution in [0.25, 0.3) is 0 Å². The molecular weight excluding hydrogens is 435 g/mol. The summed E-state index contributed by atoms with van der Waals surface area (Å²) in [4.78, 5) is 39.1. The van der Waals surface area contributed by atoms with Gasteiger partial charge in [0, 0.05) is 37.4 Å². The molecule has 1 aliphatic heterocycles. The molecule has 0 radical (unpaired) electrons. The maximum absolute atomic E-state index is 12.8.